The highest BCUT2D eigenvalue weighted by atomic mass is 16.7. The summed E-state index contributed by atoms with van der Waals surface area (Å²) in [6, 6.07) is 0. The molecule has 0 unspecified atom stereocenters. The van der Waals surface area contributed by atoms with E-state index in [1.54, 1.807) is 0 Å². The Morgan fingerprint density at radius 1 is 1.11 bits per heavy atom. The van der Waals surface area contributed by atoms with Crippen LogP contribution in [0.2, 0.25) is 0 Å². The molecule has 0 amide bonds. The van der Waals surface area contributed by atoms with Crippen LogP contribution in [0, 0.1) is 0 Å². The number of H-pyrrole nitrogens is 2. The van der Waals surface area contributed by atoms with Crippen LogP contribution in [0.4, 0.5) is 0 Å². The number of esters is 3. The van der Waals surface area contributed by atoms with E-state index in [2.05, 4.69) is 9.97 Å². The van der Waals surface area contributed by atoms with Crippen LogP contribution in [0.3, 0.4) is 0 Å². The number of fused-ring (bicyclic) bond motifs is 2. The fourth-order valence-corrected chi connectivity index (χ4v) is 3.36. The van der Waals surface area contributed by atoms with Crippen molar-refractivity contribution in [3.8, 4) is 0 Å². The van der Waals surface area contributed by atoms with Crippen LogP contribution in [0.25, 0.3) is 11.2 Å². The molecule has 0 aromatic carbocycles. The van der Waals surface area contributed by atoms with Gasteiger partial charge in [-0.15, -0.1) is 0 Å². The van der Waals surface area contributed by atoms with Gasteiger partial charge in [-0.1, -0.05) is 0 Å². The standard InChI is InChI=1S/C15H14N4O9/c1-4(20)25-9-7-8(10(14(23)28-7)26-5(2)21)27-13(9)19-3-16-6-11(19)17-15(24)18-12(6)22/h3,7-10,13H,1-2H3,(H2,17,18,22,24)/t7-,8+,9+,10+,13+/m1/s1. The zero-order chi connectivity index (χ0) is 20.2. The summed E-state index contributed by atoms with van der Waals surface area (Å²) in [6.07, 6.45) is -4.49. The lowest BCUT2D eigenvalue weighted by molar-refractivity contribution is -0.174. The minimum absolute atomic E-state index is 0.0197. The lowest BCUT2D eigenvalue weighted by Crippen LogP contribution is -2.36. The summed E-state index contributed by atoms with van der Waals surface area (Å²) in [4.78, 5) is 66.8. The van der Waals surface area contributed by atoms with Crippen LogP contribution in [0.15, 0.2) is 15.9 Å². The molecular weight excluding hydrogens is 380 g/mol. The van der Waals surface area contributed by atoms with Crippen molar-refractivity contribution in [3.63, 3.8) is 0 Å². The maximum atomic E-state index is 12.0. The van der Waals surface area contributed by atoms with Gasteiger partial charge in [0.1, 0.15) is 11.8 Å². The Morgan fingerprint density at radius 2 is 1.82 bits per heavy atom. The number of carbonyl (C=O) groups is 3. The van der Waals surface area contributed by atoms with Crippen LogP contribution in [0.1, 0.15) is 20.1 Å². The van der Waals surface area contributed by atoms with Gasteiger partial charge in [0, 0.05) is 13.8 Å². The number of carbonyl (C=O) groups excluding carboxylic acids is 3. The first-order valence-corrected chi connectivity index (χ1v) is 8.16. The topological polar surface area (TPSA) is 172 Å². The molecule has 4 rings (SSSR count). The van der Waals surface area contributed by atoms with E-state index in [1.165, 1.54) is 10.9 Å². The summed E-state index contributed by atoms with van der Waals surface area (Å²) in [7, 11) is 0. The van der Waals surface area contributed by atoms with Gasteiger partial charge in [0.2, 0.25) is 6.10 Å². The average molecular weight is 394 g/mol. The minimum atomic E-state index is -1.34. The molecule has 0 radical (unpaired) electrons. The number of hydrogen-bond acceptors (Lipinski definition) is 10. The molecule has 0 bridgehead atoms. The molecule has 2 saturated heterocycles. The van der Waals surface area contributed by atoms with E-state index >= 15 is 0 Å². The van der Waals surface area contributed by atoms with E-state index in [-0.39, 0.29) is 11.2 Å². The number of aromatic amines is 2. The first kappa shape index (κ1) is 17.9. The van der Waals surface area contributed by atoms with Crippen molar-refractivity contribution in [2.24, 2.45) is 0 Å². The zero-order valence-corrected chi connectivity index (χ0v) is 14.5. The fourth-order valence-electron chi connectivity index (χ4n) is 3.36. The number of ether oxygens (including phenoxy) is 4. The van der Waals surface area contributed by atoms with Crippen LogP contribution >= 0.6 is 0 Å². The third kappa shape index (κ3) is 2.76. The molecule has 2 aromatic rings. The van der Waals surface area contributed by atoms with Crippen LogP contribution in [0.5, 0.6) is 0 Å². The summed E-state index contributed by atoms with van der Waals surface area (Å²) in [6.45, 7) is 2.28. The van der Waals surface area contributed by atoms with E-state index in [1.807, 2.05) is 4.98 Å². The van der Waals surface area contributed by atoms with Crippen LogP contribution < -0.4 is 11.2 Å². The van der Waals surface area contributed by atoms with Crippen molar-refractivity contribution in [2.45, 2.75) is 44.5 Å². The molecule has 148 valence electrons. The highest BCUT2D eigenvalue weighted by Gasteiger charge is 2.61. The van der Waals surface area contributed by atoms with Gasteiger partial charge in [-0.2, -0.15) is 0 Å². The number of nitrogens with zero attached hydrogens (tertiary/aromatic N) is 2. The number of imidazole rings is 1. The Bertz CT molecular complexity index is 1100. The number of hydrogen-bond donors (Lipinski definition) is 2. The molecule has 2 N–H and O–H groups in total. The van der Waals surface area contributed by atoms with Gasteiger partial charge in [0.05, 0.1) is 6.33 Å². The first-order valence-electron chi connectivity index (χ1n) is 8.16. The molecule has 4 heterocycles. The quantitative estimate of drug-likeness (QED) is 0.442. The van der Waals surface area contributed by atoms with Crippen molar-refractivity contribution in [1.82, 2.24) is 19.5 Å². The third-order valence-corrected chi connectivity index (χ3v) is 4.35. The van der Waals surface area contributed by atoms with Crippen LogP contribution in [-0.4, -0.2) is 61.8 Å². The van der Waals surface area contributed by atoms with Gasteiger partial charge >= 0.3 is 23.6 Å². The monoisotopic (exact) mass is 394 g/mol. The molecule has 13 nitrogen and oxygen atoms in total. The summed E-state index contributed by atoms with van der Waals surface area (Å²) >= 11 is 0. The largest absolute Gasteiger partial charge is 0.454 e. The Kier molecular flexibility index (Phi) is 4.03. The predicted molar refractivity (Wildman–Crippen MR) is 85.9 cm³/mol. The van der Waals surface area contributed by atoms with Crippen LogP contribution in [-0.2, 0) is 33.3 Å². The van der Waals surface area contributed by atoms with Crippen molar-refractivity contribution in [3.05, 3.63) is 27.2 Å². The molecule has 0 aliphatic carbocycles. The molecule has 5 atom stereocenters. The molecule has 2 aromatic heterocycles. The van der Waals surface area contributed by atoms with E-state index in [9.17, 15) is 24.0 Å². The molecule has 2 fully saturated rings. The van der Waals surface area contributed by atoms with E-state index in [4.69, 9.17) is 18.9 Å². The Labute approximate surface area is 154 Å². The van der Waals surface area contributed by atoms with Gasteiger partial charge in [0.25, 0.3) is 5.56 Å². The summed E-state index contributed by atoms with van der Waals surface area (Å²) < 4.78 is 22.5. The predicted octanol–water partition coefficient (Wildman–Crippen LogP) is -1.90. The number of rotatable bonds is 3. The van der Waals surface area contributed by atoms with Crippen molar-refractivity contribution in [2.75, 3.05) is 0 Å². The third-order valence-electron chi connectivity index (χ3n) is 4.35. The second kappa shape index (κ2) is 6.30. The Morgan fingerprint density at radius 3 is 2.50 bits per heavy atom. The SMILES string of the molecule is CC(=O)O[C@H]1[C@@H]2OC(=O)[C@@H](OC(C)=O)[C@H]2O[C@@H]1n1cnc2c(=O)[nH]c(=O)[nH]c21. The average Bonchev–Trinajstić information content (AvgIpc) is 3.22. The van der Waals surface area contributed by atoms with Gasteiger partial charge in [0.15, 0.2) is 24.0 Å². The lowest BCUT2D eigenvalue weighted by Gasteiger charge is -2.22. The first-order chi connectivity index (χ1) is 13.3. The van der Waals surface area contributed by atoms with Gasteiger partial charge in [-0.05, 0) is 0 Å². The lowest BCUT2D eigenvalue weighted by atomic mass is 10.1. The highest BCUT2D eigenvalue weighted by molar-refractivity contribution is 5.82. The Hall–Kier alpha value is -3.48. The molecule has 0 saturated carbocycles. The molecule has 0 spiro atoms. The second-order valence-electron chi connectivity index (χ2n) is 6.25. The zero-order valence-electron chi connectivity index (χ0n) is 14.5. The summed E-state index contributed by atoms with van der Waals surface area (Å²) in [5.41, 5.74) is -1.55. The normalized spacial score (nSPS) is 28.8. The van der Waals surface area contributed by atoms with Gasteiger partial charge in [-0.3, -0.25) is 28.9 Å². The number of aromatic nitrogens is 4. The molecular formula is C15H14N4O9. The smallest absolute Gasteiger partial charge is 0.350 e. The van der Waals surface area contributed by atoms with E-state index < -0.39 is 59.8 Å². The van der Waals surface area contributed by atoms with Crippen molar-refractivity contribution < 1.29 is 33.3 Å². The maximum Gasteiger partial charge on any atom is 0.350 e. The molecule has 2 aliphatic rings. The number of nitrogens with one attached hydrogen (secondary N) is 2. The van der Waals surface area contributed by atoms with E-state index in [0.717, 1.165) is 13.8 Å². The fraction of sp³-hybridized carbons (Fsp3) is 0.467. The molecule has 13 heteroatoms. The van der Waals surface area contributed by atoms with E-state index in [0.29, 0.717) is 0 Å². The summed E-state index contributed by atoms with van der Waals surface area (Å²) in [5, 5.41) is 0. The van der Waals surface area contributed by atoms with Gasteiger partial charge in [-0.25, -0.2) is 14.6 Å². The van der Waals surface area contributed by atoms with Crippen molar-refractivity contribution >= 4 is 29.1 Å². The van der Waals surface area contributed by atoms with Gasteiger partial charge < -0.3 is 18.9 Å². The Balaban J connectivity index is 1.78. The molecule has 28 heavy (non-hydrogen) atoms. The highest BCUT2D eigenvalue weighted by Crippen LogP contribution is 2.40. The van der Waals surface area contributed by atoms with Crippen molar-refractivity contribution in [1.29, 1.82) is 0 Å². The minimum Gasteiger partial charge on any atom is -0.454 e. The molecule has 2 aliphatic heterocycles. The second-order valence-corrected chi connectivity index (χ2v) is 6.25. The maximum absolute atomic E-state index is 12.0. The summed E-state index contributed by atoms with van der Waals surface area (Å²) in [5.74, 6) is -2.23.